The lowest BCUT2D eigenvalue weighted by molar-refractivity contribution is -0.161. The van der Waals surface area contributed by atoms with Crippen LogP contribution in [0.5, 0.6) is 0 Å². The second-order valence-corrected chi connectivity index (χ2v) is 16.2. The molecular weight excluding hydrogens is 781 g/mol. The van der Waals surface area contributed by atoms with E-state index in [4.69, 9.17) is 24.8 Å². The summed E-state index contributed by atoms with van der Waals surface area (Å²) in [4.78, 5) is 46.1. The summed E-state index contributed by atoms with van der Waals surface area (Å²) in [5, 5.41) is 40.2. The molecule has 1 aliphatic rings. The molecule has 0 amide bonds. The number of aliphatic hydroxyl groups is 3. The minimum absolute atomic E-state index is 0.0316. The van der Waals surface area contributed by atoms with Crippen LogP contribution in [-0.2, 0) is 37.5 Å². The third kappa shape index (κ3) is 28.1. The lowest BCUT2D eigenvalue weighted by Crippen LogP contribution is -2.34. The molecule has 0 spiro atoms. The number of allylic oxidation sites excluding steroid dienone is 10. The molecule has 15 heteroatoms. The molecule has 0 aromatic heterocycles. The zero-order valence-corrected chi connectivity index (χ0v) is 36.0. The van der Waals surface area contributed by atoms with Crippen molar-refractivity contribution < 1.29 is 62.8 Å². The van der Waals surface area contributed by atoms with E-state index in [2.05, 4.69) is 60.9 Å². The molecule has 59 heavy (non-hydrogen) atoms. The van der Waals surface area contributed by atoms with E-state index in [1.165, 1.54) is 0 Å². The van der Waals surface area contributed by atoms with E-state index in [1.54, 1.807) is 6.08 Å². The van der Waals surface area contributed by atoms with Crippen LogP contribution in [0.3, 0.4) is 0 Å². The third-order valence-electron chi connectivity index (χ3n) is 9.51. The van der Waals surface area contributed by atoms with E-state index in [0.29, 0.717) is 32.1 Å². The molecule has 14 nitrogen and oxygen atoms in total. The topological polar surface area (TPSA) is 232 Å². The fourth-order valence-corrected chi connectivity index (χ4v) is 6.88. The number of carbonyl (C=O) groups is 3. The van der Waals surface area contributed by atoms with Gasteiger partial charge in [0.05, 0.1) is 31.5 Å². The minimum Gasteiger partial charge on any atom is -0.480 e. The van der Waals surface area contributed by atoms with Crippen molar-refractivity contribution in [2.75, 3.05) is 19.8 Å². The zero-order valence-electron chi connectivity index (χ0n) is 35.1. The molecule has 1 saturated carbocycles. The predicted octanol–water partition coefficient (Wildman–Crippen LogP) is 7.32. The Labute approximate surface area is 351 Å². The maximum atomic E-state index is 12.6. The SMILES string of the molecule is CC/C=C\C/C=C\C/C=C\C/C=C\CCCCC(=O)O[C@H](COC(=O)CCC/C=C/C[C@@H]1[C@@H](/C=C/[C@@H](O)CCCCC)[C@H](O)C[C@@H]1O)COP(=O)(O)OC[C@H](N)C(=O)O. The molecular formula is C44H72NO13P. The van der Waals surface area contributed by atoms with Gasteiger partial charge in [-0.2, -0.15) is 0 Å². The number of hydrogen-bond donors (Lipinski definition) is 6. The van der Waals surface area contributed by atoms with Gasteiger partial charge in [0.15, 0.2) is 6.10 Å². The number of nitrogens with two attached hydrogens (primary N) is 1. The van der Waals surface area contributed by atoms with Crippen molar-refractivity contribution in [3.8, 4) is 0 Å². The first-order valence-electron chi connectivity index (χ1n) is 21.2. The van der Waals surface area contributed by atoms with E-state index >= 15 is 0 Å². The highest BCUT2D eigenvalue weighted by Crippen LogP contribution is 2.43. The number of esters is 2. The van der Waals surface area contributed by atoms with E-state index in [1.807, 2.05) is 24.3 Å². The molecule has 1 unspecified atom stereocenters. The largest absolute Gasteiger partial charge is 0.480 e. The van der Waals surface area contributed by atoms with Crippen LogP contribution in [0.4, 0.5) is 0 Å². The highest BCUT2D eigenvalue weighted by Gasteiger charge is 2.39. The molecule has 0 aromatic rings. The lowest BCUT2D eigenvalue weighted by Gasteiger charge is -2.20. The Kier molecular flexibility index (Phi) is 30.6. The summed E-state index contributed by atoms with van der Waals surface area (Å²) >= 11 is 0. The van der Waals surface area contributed by atoms with Crippen molar-refractivity contribution in [1.29, 1.82) is 0 Å². The van der Waals surface area contributed by atoms with Crippen LogP contribution < -0.4 is 5.73 Å². The Morgan fingerprint density at radius 3 is 2.03 bits per heavy atom. The maximum Gasteiger partial charge on any atom is 0.472 e. The monoisotopic (exact) mass is 853 g/mol. The van der Waals surface area contributed by atoms with E-state index in [0.717, 1.165) is 57.8 Å². The molecule has 1 fully saturated rings. The smallest absolute Gasteiger partial charge is 0.472 e. The Bertz CT molecular complexity index is 1390. The summed E-state index contributed by atoms with van der Waals surface area (Å²) in [6.45, 7) is 2.27. The van der Waals surface area contributed by atoms with Gasteiger partial charge >= 0.3 is 25.7 Å². The van der Waals surface area contributed by atoms with Gasteiger partial charge in [-0.25, -0.2) is 4.57 Å². The van der Waals surface area contributed by atoms with Crippen molar-refractivity contribution in [1.82, 2.24) is 0 Å². The summed E-state index contributed by atoms with van der Waals surface area (Å²) in [6.07, 6.45) is 32.2. The highest BCUT2D eigenvalue weighted by atomic mass is 31.2. The van der Waals surface area contributed by atoms with Crippen LogP contribution >= 0.6 is 7.82 Å². The molecule has 336 valence electrons. The van der Waals surface area contributed by atoms with Crippen LogP contribution in [0.25, 0.3) is 0 Å². The first-order chi connectivity index (χ1) is 28.3. The van der Waals surface area contributed by atoms with Gasteiger partial charge in [-0.15, -0.1) is 0 Å². The van der Waals surface area contributed by atoms with Crippen LogP contribution in [0, 0.1) is 11.8 Å². The van der Waals surface area contributed by atoms with E-state index in [-0.39, 0.29) is 31.1 Å². The van der Waals surface area contributed by atoms with Crippen LogP contribution in [0.15, 0.2) is 72.9 Å². The van der Waals surface area contributed by atoms with Crippen molar-refractivity contribution in [3.63, 3.8) is 0 Å². The minimum atomic E-state index is -4.79. The zero-order chi connectivity index (χ0) is 43.7. The number of phosphoric acid groups is 1. The van der Waals surface area contributed by atoms with Gasteiger partial charge in [-0.1, -0.05) is 106 Å². The molecule has 0 aromatic carbocycles. The molecule has 0 saturated heterocycles. The van der Waals surface area contributed by atoms with Crippen molar-refractivity contribution in [3.05, 3.63) is 72.9 Å². The molecule has 0 heterocycles. The van der Waals surface area contributed by atoms with E-state index in [9.17, 15) is 39.2 Å². The number of hydrogen-bond acceptors (Lipinski definition) is 12. The Hall–Kier alpha value is -3.20. The number of aliphatic carboxylic acids is 1. The Balaban J connectivity index is 2.56. The molecule has 1 rings (SSSR count). The first-order valence-corrected chi connectivity index (χ1v) is 22.7. The Morgan fingerprint density at radius 1 is 0.763 bits per heavy atom. The first kappa shape index (κ1) is 53.8. The van der Waals surface area contributed by atoms with Gasteiger partial charge in [0.1, 0.15) is 12.6 Å². The van der Waals surface area contributed by atoms with E-state index < -0.39 is 76.0 Å². The van der Waals surface area contributed by atoms with Crippen molar-refractivity contribution in [2.45, 2.75) is 153 Å². The summed E-state index contributed by atoms with van der Waals surface area (Å²) in [5.41, 5.74) is 5.32. The Morgan fingerprint density at radius 2 is 1.37 bits per heavy atom. The number of rotatable bonds is 34. The lowest BCUT2D eigenvalue weighted by atomic mass is 9.89. The normalized spacial score (nSPS) is 21.3. The van der Waals surface area contributed by atoms with Crippen molar-refractivity contribution in [2.24, 2.45) is 17.6 Å². The van der Waals surface area contributed by atoms with Gasteiger partial charge in [0, 0.05) is 25.2 Å². The summed E-state index contributed by atoms with van der Waals surface area (Å²) < 4.78 is 32.6. The molecule has 0 radical (unpaired) electrons. The molecule has 8 atom stereocenters. The van der Waals surface area contributed by atoms with Crippen LogP contribution in [0.1, 0.15) is 123 Å². The quantitative estimate of drug-likeness (QED) is 0.0161. The maximum absolute atomic E-state index is 12.6. The number of carbonyl (C=O) groups excluding carboxylic acids is 2. The fraction of sp³-hybridized carbons (Fsp3) is 0.659. The average Bonchev–Trinajstić information content (AvgIpc) is 3.47. The molecule has 0 bridgehead atoms. The molecule has 7 N–H and O–H groups in total. The molecule has 1 aliphatic carbocycles. The number of carboxylic acids is 1. The van der Waals surface area contributed by atoms with Crippen LogP contribution in [0.2, 0.25) is 0 Å². The number of ether oxygens (including phenoxy) is 2. The van der Waals surface area contributed by atoms with Gasteiger partial charge in [-0.05, 0) is 76.5 Å². The summed E-state index contributed by atoms with van der Waals surface area (Å²) in [5.74, 6) is -3.13. The second-order valence-electron chi connectivity index (χ2n) is 14.7. The number of carboxylic acid groups (broad SMARTS) is 1. The summed E-state index contributed by atoms with van der Waals surface area (Å²) in [7, 11) is -4.79. The second kappa shape index (κ2) is 33.5. The predicted molar refractivity (Wildman–Crippen MR) is 228 cm³/mol. The fourth-order valence-electron chi connectivity index (χ4n) is 6.11. The summed E-state index contributed by atoms with van der Waals surface area (Å²) in [6, 6.07) is -1.57. The van der Waals surface area contributed by atoms with Crippen molar-refractivity contribution >= 4 is 25.7 Å². The number of phosphoric ester groups is 1. The third-order valence-corrected chi connectivity index (χ3v) is 10.5. The number of aliphatic hydroxyl groups excluding tert-OH is 3. The highest BCUT2D eigenvalue weighted by molar-refractivity contribution is 7.47. The standard InChI is InChI=1S/C44H72NO13P/c1-3-5-7-8-9-10-11-12-13-14-15-16-17-18-24-28-43(50)58-36(33-56-59(53,54)57-34-39(45)44(51)52)32-55-42(49)27-23-20-19-22-26-37-38(41(48)31-40(37)47)30-29-35(46)25-21-6-4-2/h5,7,9-10,12-13,15-16,19,22,29-30,35-41,46-48H,3-4,6,8,11,14,17-18,20-21,23-28,31-34,45H2,1-2H3,(H,51,52)(H,53,54)/b7-5-,10-9-,13-12-,16-15-,22-19+,30-29+/t35-,36+,37+,38+,39-,40-,41+/m0/s1. The van der Waals surface area contributed by atoms with Gasteiger partial charge in [0.25, 0.3) is 0 Å². The molecule has 0 aliphatic heterocycles. The van der Waals surface area contributed by atoms with Gasteiger partial charge in [-0.3, -0.25) is 23.4 Å². The van der Waals surface area contributed by atoms with Gasteiger partial charge in [0.2, 0.25) is 0 Å². The van der Waals surface area contributed by atoms with Crippen LogP contribution in [-0.4, -0.2) is 93.5 Å². The number of unbranched alkanes of at least 4 members (excludes halogenated alkanes) is 5. The average molecular weight is 854 g/mol. The van der Waals surface area contributed by atoms with Gasteiger partial charge < -0.3 is 40.5 Å².